The number of rotatable bonds is 2. The Kier molecular flexibility index (Phi) is 2.13. The van der Waals surface area contributed by atoms with E-state index in [0.717, 1.165) is 21.7 Å². The third kappa shape index (κ3) is 1.47. The van der Waals surface area contributed by atoms with Gasteiger partial charge in [0.25, 0.3) is 0 Å². The molecule has 0 fully saturated rings. The highest BCUT2D eigenvalue weighted by molar-refractivity contribution is 7.15. The lowest BCUT2D eigenvalue weighted by atomic mass is 10.1. The first-order chi connectivity index (χ1) is 9.36. The molecule has 0 aliphatic carbocycles. The number of nitrogens with zero attached hydrogens (tertiary/aromatic N) is 3. The van der Waals surface area contributed by atoms with Crippen molar-refractivity contribution in [3.63, 3.8) is 0 Å². The summed E-state index contributed by atoms with van der Waals surface area (Å²) in [6, 6.07) is 8.26. The molecular weight excluding hydrogens is 258 g/mol. The lowest BCUT2D eigenvalue weighted by molar-refractivity contribution is 0.987. The summed E-state index contributed by atoms with van der Waals surface area (Å²) >= 11 is 1.59. The van der Waals surface area contributed by atoms with Crippen molar-refractivity contribution in [2.45, 2.75) is 0 Å². The van der Waals surface area contributed by atoms with Gasteiger partial charge in [-0.1, -0.05) is 18.2 Å². The minimum atomic E-state index is 0.646. The van der Waals surface area contributed by atoms with Crippen molar-refractivity contribution < 1.29 is 0 Å². The van der Waals surface area contributed by atoms with Crippen LogP contribution < -0.4 is 5.32 Å². The maximum atomic E-state index is 4.44. The standard InChI is InChI=1S/C13H11N5S/c1-14-12-16-13-18(17-12)11(7-19-13)9-6-15-10-5-3-2-4-8(9)10/h2-7,15H,1H3,(H,14,17). The quantitative estimate of drug-likeness (QED) is 0.588. The molecule has 94 valence electrons. The van der Waals surface area contributed by atoms with Gasteiger partial charge in [0.2, 0.25) is 10.9 Å². The van der Waals surface area contributed by atoms with Crippen LogP contribution in [0.25, 0.3) is 27.1 Å². The summed E-state index contributed by atoms with van der Waals surface area (Å²) in [5.74, 6) is 0.646. The van der Waals surface area contributed by atoms with Gasteiger partial charge >= 0.3 is 0 Å². The number of hydrogen-bond donors (Lipinski definition) is 2. The SMILES string of the molecule is CNc1nc2scc(-c3c[nH]c4ccccc34)n2n1. The molecule has 5 nitrogen and oxygen atoms in total. The Bertz CT molecular complexity index is 869. The van der Waals surface area contributed by atoms with E-state index in [1.54, 1.807) is 11.3 Å². The molecule has 0 saturated carbocycles. The fourth-order valence-electron chi connectivity index (χ4n) is 2.26. The van der Waals surface area contributed by atoms with Crippen molar-refractivity contribution in [3.8, 4) is 11.3 Å². The van der Waals surface area contributed by atoms with E-state index in [1.807, 2.05) is 29.9 Å². The Morgan fingerprint density at radius 2 is 2.21 bits per heavy atom. The third-order valence-electron chi connectivity index (χ3n) is 3.17. The summed E-state index contributed by atoms with van der Waals surface area (Å²) in [4.78, 5) is 8.57. The molecule has 0 spiro atoms. The Hall–Kier alpha value is -2.34. The van der Waals surface area contributed by atoms with E-state index < -0.39 is 0 Å². The number of aromatic nitrogens is 4. The molecule has 19 heavy (non-hydrogen) atoms. The minimum absolute atomic E-state index is 0.646. The van der Waals surface area contributed by atoms with Gasteiger partial charge in [-0.3, -0.25) is 0 Å². The van der Waals surface area contributed by atoms with Crippen LogP contribution in [-0.4, -0.2) is 26.6 Å². The maximum Gasteiger partial charge on any atom is 0.243 e. The number of fused-ring (bicyclic) bond motifs is 2. The molecule has 0 unspecified atom stereocenters. The third-order valence-corrected chi connectivity index (χ3v) is 3.99. The number of H-pyrrole nitrogens is 1. The van der Waals surface area contributed by atoms with Crippen LogP contribution in [0, 0.1) is 0 Å². The molecule has 4 aromatic rings. The summed E-state index contributed by atoms with van der Waals surface area (Å²) in [7, 11) is 1.82. The zero-order valence-electron chi connectivity index (χ0n) is 10.2. The molecule has 3 aromatic heterocycles. The first-order valence-corrected chi connectivity index (χ1v) is 6.83. The molecule has 0 radical (unpaired) electrons. The van der Waals surface area contributed by atoms with Crippen LogP contribution in [0.2, 0.25) is 0 Å². The van der Waals surface area contributed by atoms with Gasteiger partial charge in [0.1, 0.15) is 0 Å². The number of thiazole rings is 1. The average molecular weight is 269 g/mol. The number of nitrogens with one attached hydrogen (secondary N) is 2. The highest BCUT2D eigenvalue weighted by Crippen LogP contribution is 2.31. The predicted molar refractivity (Wildman–Crippen MR) is 77.7 cm³/mol. The van der Waals surface area contributed by atoms with Gasteiger partial charge in [-0.05, 0) is 6.07 Å². The normalized spacial score (nSPS) is 11.4. The Morgan fingerprint density at radius 3 is 3.11 bits per heavy atom. The monoisotopic (exact) mass is 269 g/mol. The van der Waals surface area contributed by atoms with Crippen molar-refractivity contribution in [2.24, 2.45) is 0 Å². The molecule has 0 bridgehead atoms. The van der Waals surface area contributed by atoms with E-state index in [2.05, 4.69) is 37.9 Å². The summed E-state index contributed by atoms with van der Waals surface area (Å²) in [5, 5.41) is 10.7. The van der Waals surface area contributed by atoms with E-state index in [9.17, 15) is 0 Å². The molecule has 0 aliphatic heterocycles. The Morgan fingerprint density at radius 1 is 1.32 bits per heavy atom. The van der Waals surface area contributed by atoms with Gasteiger partial charge in [0.05, 0.1) is 5.69 Å². The maximum absolute atomic E-state index is 4.44. The van der Waals surface area contributed by atoms with Gasteiger partial charge in [0.15, 0.2) is 0 Å². The van der Waals surface area contributed by atoms with E-state index in [-0.39, 0.29) is 0 Å². The second-order valence-electron chi connectivity index (χ2n) is 4.25. The van der Waals surface area contributed by atoms with Crippen LogP contribution in [0.15, 0.2) is 35.8 Å². The lowest BCUT2D eigenvalue weighted by Gasteiger charge is -1.96. The number of aromatic amines is 1. The molecule has 0 aliphatic rings. The summed E-state index contributed by atoms with van der Waals surface area (Å²) in [5.41, 5.74) is 3.34. The van der Waals surface area contributed by atoms with Crippen LogP contribution >= 0.6 is 11.3 Å². The van der Waals surface area contributed by atoms with Crippen molar-refractivity contribution in [1.29, 1.82) is 0 Å². The summed E-state index contributed by atoms with van der Waals surface area (Å²) in [6.45, 7) is 0. The second kappa shape index (κ2) is 3.83. The average Bonchev–Trinajstić information content (AvgIpc) is 3.10. The van der Waals surface area contributed by atoms with Crippen molar-refractivity contribution >= 4 is 33.1 Å². The Balaban J connectivity index is 2.00. The van der Waals surface area contributed by atoms with Crippen molar-refractivity contribution in [2.75, 3.05) is 12.4 Å². The molecule has 3 heterocycles. The molecule has 4 rings (SSSR count). The van der Waals surface area contributed by atoms with Crippen LogP contribution in [0.1, 0.15) is 0 Å². The molecular formula is C13H11N5S. The van der Waals surface area contributed by atoms with Crippen molar-refractivity contribution in [1.82, 2.24) is 19.6 Å². The van der Waals surface area contributed by atoms with E-state index >= 15 is 0 Å². The second-order valence-corrected chi connectivity index (χ2v) is 5.09. The highest BCUT2D eigenvalue weighted by atomic mass is 32.1. The zero-order valence-corrected chi connectivity index (χ0v) is 11.0. The summed E-state index contributed by atoms with van der Waals surface area (Å²) < 4.78 is 1.88. The van der Waals surface area contributed by atoms with Gasteiger partial charge < -0.3 is 10.3 Å². The number of para-hydroxylation sites is 1. The van der Waals surface area contributed by atoms with Crippen LogP contribution in [0.3, 0.4) is 0 Å². The van der Waals surface area contributed by atoms with Gasteiger partial charge in [-0.15, -0.1) is 16.4 Å². The minimum Gasteiger partial charge on any atom is -0.360 e. The number of anilines is 1. The van der Waals surface area contributed by atoms with E-state index in [0.29, 0.717) is 5.95 Å². The zero-order chi connectivity index (χ0) is 12.8. The molecule has 0 amide bonds. The Labute approximate surface area is 112 Å². The summed E-state index contributed by atoms with van der Waals surface area (Å²) in [6.07, 6.45) is 2.02. The van der Waals surface area contributed by atoms with E-state index in [1.165, 1.54) is 5.39 Å². The molecule has 0 atom stereocenters. The van der Waals surface area contributed by atoms with Gasteiger partial charge in [-0.2, -0.15) is 4.98 Å². The number of benzene rings is 1. The number of hydrogen-bond acceptors (Lipinski definition) is 4. The highest BCUT2D eigenvalue weighted by Gasteiger charge is 2.13. The van der Waals surface area contributed by atoms with E-state index in [4.69, 9.17) is 0 Å². The first-order valence-electron chi connectivity index (χ1n) is 5.95. The van der Waals surface area contributed by atoms with Gasteiger partial charge in [0, 0.05) is 35.1 Å². The smallest absolute Gasteiger partial charge is 0.243 e. The van der Waals surface area contributed by atoms with Gasteiger partial charge in [-0.25, -0.2) is 4.52 Å². The fraction of sp³-hybridized carbons (Fsp3) is 0.0769. The van der Waals surface area contributed by atoms with Crippen molar-refractivity contribution in [3.05, 3.63) is 35.8 Å². The molecule has 2 N–H and O–H groups in total. The molecule has 6 heteroatoms. The fourth-order valence-corrected chi connectivity index (χ4v) is 3.08. The molecule has 0 saturated heterocycles. The lowest BCUT2D eigenvalue weighted by Crippen LogP contribution is -1.92. The van der Waals surface area contributed by atoms with Crippen LogP contribution in [-0.2, 0) is 0 Å². The van der Waals surface area contributed by atoms with Crippen LogP contribution in [0.5, 0.6) is 0 Å². The molecule has 1 aromatic carbocycles. The predicted octanol–water partition coefficient (Wildman–Crippen LogP) is 2.98. The first kappa shape index (κ1) is 10.6. The topological polar surface area (TPSA) is 58.0 Å². The van der Waals surface area contributed by atoms with Crippen LogP contribution in [0.4, 0.5) is 5.95 Å². The largest absolute Gasteiger partial charge is 0.360 e.